The molecule has 0 aliphatic carbocycles. The summed E-state index contributed by atoms with van der Waals surface area (Å²) in [6.07, 6.45) is 1.58. The van der Waals surface area contributed by atoms with E-state index < -0.39 is 0 Å². The van der Waals surface area contributed by atoms with Crippen molar-refractivity contribution < 1.29 is 14.3 Å². The molecule has 0 unspecified atom stereocenters. The number of nitrogens with one attached hydrogen (secondary N) is 2. The molecule has 0 bridgehead atoms. The second kappa shape index (κ2) is 7.72. The number of carbonyl (C=O) groups is 2. The van der Waals surface area contributed by atoms with Crippen molar-refractivity contribution in [2.75, 3.05) is 17.7 Å². The lowest BCUT2D eigenvalue weighted by Crippen LogP contribution is -2.14. The van der Waals surface area contributed by atoms with E-state index in [9.17, 15) is 9.59 Å². The zero-order valence-electron chi connectivity index (χ0n) is 15.7. The molecule has 0 radical (unpaired) electrons. The highest BCUT2D eigenvalue weighted by atomic mass is 32.1. The zero-order valence-corrected chi connectivity index (χ0v) is 16.5. The number of fused-ring (bicyclic) bond motifs is 1. The van der Waals surface area contributed by atoms with Crippen LogP contribution in [-0.2, 0) is 7.05 Å². The summed E-state index contributed by atoms with van der Waals surface area (Å²) in [6.45, 7) is 0. The number of aryl methyl sites for hydroxylation is 1. The van der Waals surface area contributed by atoms with E-state index in [0.29, 0.717) is 21.9 Å². The number of aromatic nitrogens is 3. The van der Waals surface area contributed by atoms with Crippen molar-refractivity contribution >= 4 is 44.2 Å². The summed E-state index contributed by atoms with van der Waals surface area (Å²) in [5.74, 6) is -0.366. The Morgan fingerprint density at radius 3 is 2.52 bits per heavy atom. The average Bonchev–Trinajstić information content (AvgIpc) is 3.30. The molecule has 0 atom stereocenters. The molecule has 0 saturated heterocycles. The number of benzene rings is 2. The predicted octanol–water partition coefficient (Wildman–Crippen LogP) is 3.54. The molecule has 29 heavy (non-hydrogen) atoms. The van der Waals surface area contributed by atoms with Crippen LogP contribution in [0.4, 0.5) is 10.8 Å². The highest BCUT2D eigenvalue weighted by Gasteiger charge is 2.17. The molecule has 2 amide bonds. The fraction of sp³-hybridized carbons (Fsp3) is 0.100. The molecule has 8 nitrogen and oxygen atoms in total. The van der Waals surface area contributed by atoms with Crippen LogP contribution in [0.2, 0.25) is 0 Å². The molecule has 2 aromatic heterocycles. The summed E-state index contributed by atoms with van der Waals surface area (Å²) in [7, 11) is 3.16. The second-order valence-corrected chi connectivity index (χ2v) is 7.23. The molecule has 4 aromatic rings. The minimum absolute atomic E-state index is 0.247. The van der Waals surface area contributed by atoms with Crippen molar-refractivity contribution in [3.05, 3.63) is 65.9 Å². The molecular formula is C20H17N5O3S. The number of anilines is 2. The maximum atomic E-state index is 12.5. The predicted molar refractivity (Wildman–Crippen MR) is 112 cm³/mol. The SMILES string of the molecule is COc1nn(C)cc1C(=O)Nc1ccc(C(=O)Nc2nc3ccccc3s2)cc1. The number of amides is 2. The molecule has 2 heterocycles. The van der Waals surface area contributed by atoms with Gasteiger partial charge in [-0.3, -0.25) is 19.6 Å². The van der Waals surface area contributed by atoms with Crippen LogP contribution >= 0.6 is 11.3 Å². The standard InChI is InChI=1S/C20H17N5O3S/c1-25-11-14(19(24-25)28-2)18(27)21-13-9-7-12(8-10-13)17(26)23-20-22-15-5-3-4-6-16(15)29-20/h3-11H,1-2H3,(H,21,27)(H,22,23,26). The van der Waals surface area contributed by atoms with Crippen molar-refractivity contribution in [3.63, 3.8) is 0 Å². The molecule has 2 N–H and O–H groups in total. The van der Waals surface area contributed by atoms with E-state index in [-0.39, 0.29) is 17.7 Å². The van der Waals surface area contributed by atoms with Crippen LogP contribution in [0.3, 0.4) is 0 Å². The van der Waals surface area contributed by atoms with Gasteiger partial charge in [0.15, 0.2) is 5.13 Å². The van der Waals surface area contributed by atoms with Gasteiger partial charge < -0.3 is 10.1 Å². The number of thiazole rings is 1. The Balaban J connectivity index is 1.44. The number of hydrogen-bond donors (Lipinski definition) is 2. The molecule has 146 valence electrons. The minimum atomic E-state index is -0.346. The van der Waals surface area contributed by atoms with Crippen LogP contribution in [0.15, 0.2) is 54.7 Å². The zero-order chi connectivity index (χ0) is 20.4. The molecular weight excluding hydrogens is 390 g/mol. The monoisotopic (exact) mass is 407 g/mol. The molecule has 0 spiro atoms. The Morgan fingerprint density at radius 1 is 1.03 bits per heavy atom. The fourth-order valence-electron chi connectivity index (χ4n) is 2.77. The van der Waals surface area contributed by atoms with E-state index in [0.717, 1.165) is 10.2 Å². The largest absolute Gasteiger partial charge is 0.479 e. The normalized spacial score (nSPS) is 10.7. The first-order chi connectivity index (χ1) is 14.0. The fourth-order valence-corrected chi connectivity index (χ4v) is 3.63. The third-order valence-corrected chi connectivity index (χ3v) is 5.10. The minimum Gasteiger partial charge on any atom is -0.479 e. The van der Waals surface area contributed by atoms with Crippen LogP contribution in [0.1, 0.15) is 20.7 Å². The Morgan fingerprint density at radius 2 is 1.79 bits per heavy atom. The maximum absolute atomic E-state index is 12.5. The van der Waals surface area contributed by atoms with Crippen LogP contribution in [0.5, 0.6) is 5.88 Å². The summed E-state index contributed by atoms with van der Waals surface area (Å²) < 4.78 is 7.61. The van der Waals surface area contributed by atoms with Crippen LogP contribution < -0.4 is 15.4 Å². The van der Waals surface area contributed by atoms with Gasteiger partial charge in [-0.1, -0.05) is 23.5 Å². The van der Waals surface area contributed by atoms with Crippen molar-refractivity contribution in [3.8, 4) is 5.88 Å². The van der Waals surface area contributed by atoms with Crippen LogP contribution in [0.25, 0.3) is 10.2 Å². The molecule has 0 saturated carbocycles. The van der Waals surface area contributed by atoms with Gasteiger partial charge in [0.2, 0.25) is 5.88 Å². The van der Waals surface area contributed by atoms with Crippen molar-refractivity contribution in [1.82, 2.24) is 14.8 Å². The first-order valence-corrected chi connectivity index (χ1v) is 9.51. The number of hydrogen-bond acceptors (Lipinski definition) is 6. The van der Waals surface area contributed by atoms with Gasteiger partial charge in [-0.25, -0.2) is 4.98 Å². The lowest BCUT2D eigenvalue weighted by Gasteiger charge is -2.06. The quantitative estimate of drug-likeness (QED) is 0.527. The lowest BCUT2D eigenvalue weighted by molar-refractivity contribution is 0.101. The number of rotatable bonds is 5. The van der Waals surface area contributed by atoms with Gasteiger partial charge in [0, 0.05) is 24.5 Å². The maximum Gasteiger partial charge on any atom is 0.262 e. The number of ether oxygens (including phenoxy) is 1. The van der Waals surface area contributed by atoms with E-state index in [1.165, 1.54) is 23.1 Å². The number of nitrogens with zero attached hydrogens (tertiary/aromatic N) is 3. The van der Waals surface area contributed by atoms with Crippen LogP contribution in [-0.4, -0.2) is 33.7 Å². The molecule has 2 aromatic carbocycles. The van der Waals surface area contributed by atoms with E-state index in [2.05, 4.69) is 20.7 Å². The first kappa shape index (κ1) is 18.6. The first-order valence-electron chi connectivity index (χ1n) is 8.69. The second-order valence-electron chi connectivity index (χ2n) is 6.20. The molecule has 0 aliphatic heterocycles. The van der Waals surface area contributed by atoms with Gasteiger partial charge in [-0.15, -0.1) is 5.10 Å². The van der Waals surface area contributed by atoms with E-state index in [1.54, 1.807) is 37.5 Å². The van der Waals surface area contributed by atoms with Gasteiger partial charge in [0.05, 0.1) is 17.3 Å². The molecule has 0 aliphatic rings. The molecule has 4 rings (SSSR count). The number of methoxy groups -OCH3 is 1. The smallest absolute Gasteiger partial charge is 0.262 e. The highest BCUT2D eigenvalue weighted by Crippen LogP contribution is 2.26. The van der Waals surface area contributed by atoms with E-state index in [4.69, 9.17) is 4.74 Å². The van der Waals surface area contributed by atoms with Crippen molar-refractivity contribution in [1.29, 1.82) is 0 Å². The Bertz CT molecular complexity index is 1160. The summed E-state index contributed by atoms with van der Waals surface area (Å²) in [4.78, 5) is 29.3. The molecule has 0 fully saturated rings. The van der Waals surface area contributed by atoms with Gasteiger partial charge in [-0.2, -0.15) is 0 Å². The van der Waals surface area contributed by atoms with E-state index >= 15 is 0 Å². The Labute approximate surface area is 170 Å². The average molecular weight is 407 g/mol. The summed E-state index contributed by atoms with van der Waals surface area (Å²) in [5.41, 5.74) is 2.18. The third kappa shape index (κ3) is 3.94. The number of carbonyl (C=O) groups excluding carboxylic acids is 2. The third-order valence-electron chi connectivity index (χ3n) is 4.15. The van der Waals surface area contributed by atoms with Crippen LogP contribution in [0, 0.1) is 0 Å². The highest BCUT2D eigenvalue weighted by molar-refractivity contribution is 7.22. The summed E-state index contributed by atoms with van der Waals surface area (Å²) in [6, 6.07) is 14.3. The van der Waals surface area contributed by atoms with E-state index in [1.807, 2.05) is 24.3 Å². The van der Waals surface area contributed by atoms with Gasteiger partial charge in [0.25, 0.3) is 11.8 Å². The Kier molecular flexibility index (Phi) is 4.96. The van der Waals surface area contributed by atoms with Gasteiger partial charge >= 0.3 is 0 Å². The molecule has 9 heteroatoms. The number of para-hydroxylation sites is 1. The van der Waals surface area contributed by atoms with Gasteiger partial charge in [-0.05, 0) is 36.4 Å². The summed E-state index contributed by atoms with van der Waals surface area (Å²) in [5, 5.41) is 10.2. The Hall–Kier alpha value is -3.72. The topological polar surface area (TPSA) is 98.1 Å². The van der Waals surface area contributed by atoms with Crippen molar-refractivity contribution in [2.24, 2.45) is 7.05 Å². The summed E-state index contributed by atoms with van der Waals surface area (Å²) >= 11 is 1.42. The van der Waals surface area contributed by atoms with Crippen molar-refractivity contribution in [2.45, 2.75) is 0 Å². The van der Waals surface area contributed by atoms with Gasteiger partial charge in [0.1, 0.15) is 5.56 Å². The lowest BCUT2D eigenvalue weighted by atomic mass is 10.2.